The van der Waals surface area contributed by atoms with E-state index >= 15 is 0 Å². The lowest BCUT2D eigenvalue weighted by atomic mass is 9.93. The van der Waals surface area contributed by atoms with Crippen molar-refractivity contribution in [1.82, 2.24) is 0 Å². The minimum absolute atomic E-state index is 0.572. The molecule has 0 radical (unpaired) electrons. The number of nitrogens with zero attached hydrogens (tertiary/aromatic N) is 1. The molecular formula is C26H27NO3. The summed E-state index contributed by atoms with van der Waals surface area (Å²) in [6.07, 6.45) is 1.71. The van der Waals surface area contributed by atoms with Gasteiger partial charge in [-0.1, -0.05) is 42.5 Å². The standard InChI is InChI=1S/C26H27NO3/c1-3-29-26-17-23-21(16-25(26)28-2)13-14-27-24(23)15-19-9-11-22(12-10-19)30-18-20-7-5-4-6-8-20/h4-12,16-17H,3,13-15,18H2,1-2H3. The largest absolute Gasteiger partial charge is 0.493 e. The highest BCUT2D eigenvalue weighted by atomic mass is 16.5. The van der Waals surface area contributed by atoms with Crippen LogP contribution in [0.1, 0.15) is 29.2 Å². The van der Waals surface area contributed by atoms with Crippen LogP contribution in [0.15, 0.2) is 71.7 Å². The molecule has 0 saturated heterocycles. The first kappa shape index (κ1) is 20.0. The van der Waals surface area contributed by atoms with Gasteiger partial charge >= 0.3 is 0 Å². The third kappa shape index (κ3) is 4.65. The number of aliphatic imine (C=N–C) groups is 1. The van der Waals surface area contributed by atoms with Gasteiger partial charge in [-0.3, -0.25) is 4.99 Å². The van der Waals surface area contributed by atoms with Gasteiger partial charge in [-0.2, -0.15) is 0 Å². The number of hydrogen-bond donors (Lipinski definition) is 0. The van der Waals surface area contributed by atoms with Gasteiger partial charge in [0, 0.05) is 24.2 Å². The topological polar surface area (TPSA) is 40.0 Å². The molecule has 4 nitrogen and oxygen atoms in total. The molecule has 4 rings (SSSR count). The van der Waals surface area contributed by atoms with Gasteiger partial charge < -0.3 is 14.2 Å². The molecule has 0 fully saturated rings. The molecule has 0 atom stereocenters. The van der Waals surface area contributed by atoms with Crippen molar-refractivity contribution in [3.8, 4) is 17.2 Å². The summed E-state index contributed by atoms with van der Waals surface area (Å²) in [4.78, 5) is 4.81. The molecule has 0 bridgehead atoms. The lowest BCUT2D eigenvalue weighted by Crippen LogP contribution is -2.16. The van der Waals surface area contributed by atoms with Crippen molar-refractivity contribution in [1.29, 1.82) is 0 Å². The van der Waals surface area contributed by atoms with E-state index in [9.17, 15) is 0 Å². The second kappa shape index (κ2) is 9.49. The quantitative estimate of drug-likeness (QED) is 0.517. The minimum atomic E-state index is 0.572. The molecular weight excluding hydrogens is 374 g/mol. The second-order valence-electron chi connectivity index (χ2n) is 7.27. The molecule has 1 aliphatic heterocycles. The van der Waals surface area contributed by atoms with Gasteiger partial charge in [0.05, 0.1) is 13.7 Å². The smallest absolute Gasteiger partial charge is 0.161 e. The zero-order chi connectivity index (χ0) is 20.8. The van der Waals surface area contributed by atoms with Crippen LogP contribution >= 0.6 is 0 Å². The Kier molecular flexibility index (Phi) is 6.33. The van der Waals surface area contributed by atoms with E-state index in [1.807, 2.05) is 37.3 Å². The molecule has 0 aromatic heterocycles. The number of rotatable bonds is 8. The Morgan fingerprint density at radius 3 is 2.40 bits per heavy atom. The van der Waals surface area contributed by atoms with E-state index in [0.717, 1.165) is 53.5 Å². The summed E-state index contributed by atoms with van der Waals surface area (Å²) in [5, 5.41) is 0. The van der Waals surface area contributed by atoms with Crippen molar-refractivity contribution in [2.45, 2.75) is 26.4 Å². The van der Waals surface area contributed by atoms with Crippen LogP contribution in [0.5, 0.6) is 17.2 Å². The van der Waals surface area contributed by atoms with Crippen molar-refractivity contribution in [2.24, 2.45) is 4.99 Å². The predicted octanol–water partition coefficient (Wildman–Crippen LogP) is 5.26. The summed E-state index contributed by atoms with van der Waals surface area (Å²) in [5.74, 6) is 2.44. The van der Waals surface area contributed by atoms with Crippen molar-refractivity contribution >= 4 is 5.71 Å². The molecule has 30 heavy (non-hydrogen) atoms. The van der Waals surface area contributed by atoms with Gasteiger partial charge in [-0.25, -0.2) is 0 Å². The zero-order valence-electron chi connectivity index (χ0n) is 17.6. The number of methoxy groups -OCH3 is 1. The Hall–Kier alpha value is -3.27. The molecule has 4 heteroatoms. The van der Waals surface area contributed by atoms with Gasteiger partial charge in [0.15, 0.2) is 11.5 Å². The summed E-state index contributed by atoms with van der Waals surface area (Å²) < 4.78 is 17.2. The molecule has 1 aliphatic rings. The summed E-state index contributed by atoms with van der Waals surface area (Å²) in [7, 11) is 1.68. The predicted molar refractivity (Wildman–Crippen MR) is 120 cm³/mol. The van der Waals surface area contributed by atoms with Gasteiger partial charge in [-0.05, 0) is 54.3 Å². The summed E-state index contributed by atoms with van der Waals surface area (Å²) in [6.45, 7) is 3.96. The first-order valence-corrected chi connectivity index (χ1v) is 10.4. The lowest BCUT2D eigenvalue weighted by molar-refractivity contribution is 0.306. The maximum absolute atomic E-state index is 5.90. The monoisotopic (exact) mass is 401 g/mol. The number of fused-ring (bicyclic) bond motifs is 1. The minimum Gasteiger partial charge on any atom is -0.493 e. The summed E-state index contributed by atoms with van der Waals surface area (Å²) in [6, 6.07) is 22.7. The number of benzene rings is 3. The maximum atomic E-state index is 5.90. The number of ether oxygens (including phenoxy) is 3. The second-order valence-corrected chi connectivity index (χ2v) is 7.27. The fourth-order valence-corrected chi connectivity index (χ4v) is 3.69. The molecule has 0 amide bonds. The van der Waals surface area contributed by atoms with Crippen LogP contribution in [-0.4, -0.2) is 26.0 Å². The SMILES string of the molecule is CCOc1cc2c(cc1OC)CCN=C2Cc1ccc(OCc2ccccc2)cc1. The van der Waals surface area contributed by atoms with Crippen LogP contribution < -0.4 is 14.2 Å². The Bertz CT molecular complexity index is 1010. The van der Waals surface area contributed by atoms with Gasteiger partial charge in [0.1, 0.15) is 12.4 Å². The highest BCUT2D eigenvalue weighted by molar-refractivity contribution is 6.04. The fraction of sp³-hybridized carbons (Fsp3) is 0.269. The third-order valence-electron chi connectivity index (χ3n) is 5.23. The third-order valence-corrected chi connectivity index (χ3v) is 5.23. The van der Waals surface area contributed by atoms with Crippen LogP contribution in [-0.2, 0) is 19.4 Å². The van der Waals surface area contributed by atoms with Crippen LogP contribution in [0.3, 0.4) is 0 Å². The average Bonchev–Trinajstić information content (AvgIpc) is 2.79. The number of hydrogen-bond acceptors (Lipinski definition) is 4. The molecule has 0 N–H and O–H groups in total. The molecule has 1 heterocycles. The molecule has 0 saturated carbocycles. The Morgan fingerprint density at radius 2 is 1.67 bits per heavy atom. The van der Waals surface area contributed by atoms with E-state index in [4.69, 9.17) is 19.2 Å². The Labute approximate surface area is 178 Å². The van der Waals surface area contributed by atoms with E-state index in [1.165, 1.54) is 11.1 Å². The molecule has 0 spiro atoms. The maximum Gasteiger partial charge on any atom is 0.161 e. The van der Waals surface area contributed by atoms with Crippen molar-refractivity contribution < 1.29 is 14.2 Å². The van der Waals surface area contributed by atoms with E-state index in [1.54, 1.807) is 7.11 Å². The van der Waals surface area contributed by atoms with Crippen molar-refractivity contribution in [2.75, 3.05) is 20.3 Å². The molecule has 0 unspecified atom stereocenters. The van der Waals surface area contributed by atoms with Crippen LogP contribution in [0, 0.1) is 0 Å². The average molecular weight is 402 g/mol. The highest BCUT2D eigenvalue weighted by Gasteiger charge is 2.19. The normalized spacial score (nSPS) is 12.7. The van der Waals surface area contributed by atoms with E-state index in [0.29, 0.717) is 13.2 Å². The first-order chi connectivity index (χ1) is 14.8. The Balaban J connectivity index is 1.47. The van der Waals surface area contributed by atoms with E-state index in [2.05, 4.69) is 36.4 Å². The first-order valence-electron chi connectivity index (χ1n) is 10.4. The van der Waals surface area contributed by atoms with Crippen molar-refractivity contribution in [3.63, 3.8) is 0 Å². The highest BCUT2D eigenvalue weighted by Crippen LogP contribution is 2.33. The van der Waals surface area contributed by atoms with E-state index < -0.39 is 0 Å². The zero-order valence-corrected chi connectivity index (χ0v) is 17.6. The molecule has 154 valence electrons. The van der Waals surface area contributed by atoms with Gasteiger partial charge in [0.2, 0.25) is 0 Å². The van der Waals surface area contributed by atoms with Gasteiger partial charge in [-0.15, -0.1) is 0 Å². The summed E-state index contributed by atoms with van der Waals surface area (Å²) >= 11 is 0. The van der Waals surface area contributed by atoms with Crippen LogP contribution in [0.4, 0.5) is 0 Å². The van der Waals surface area contributed by atoms with Gasteiger partial charge in [0.25, 0.3) is 0 Å². The Morgan fingerprint density at radius 1 is 0.867 bits per heavy atom. The molecule has 3 aromatic carbocycles. The lowest BCUT2D eigenvalue weighted by Gasteiger charge is -2.20. The van der Waals surface area contributed by atoms with Crippen molar-refractivity contribution in [3.05, 3.63) is 89.0 Å². The van der Waals surface area contributed by atoms with Crippen LogP contribution in [0.2, 0.25) is 0 Å². The fourth-order valence-electron chi connectivity index (χ4n) is 3.69. The summed E-state index contributed by atoms with van der Waals surface area (Å²) in [5.41, 5.74) is 5.90. The molecule has 0 aliphatic carbocycles. The van der Waals surface area contributed by atoms with Crippen LogP contribution in [0.25, 0.3) is 0 Å². The molecule has 3 aromatic rings. The van der Waals surface area contributed by atoms with E-state index in [-0.39, 0.29) is 0 Å².